The molecule has 0 spiro atoms. The minimum atomic E-state index is -0.769. The van der Waals surface area contributed by atoms with E-state index in [4.69, 9.17) is 4.74 Å². The van der Waals surface area contributed by atoms with Gasteiger partial charge < -0.3 is 9.84 Å². The molecule has 1 saturated heterocycles. The minimum Gasteiger partial charge on any atom is -0.503 e. The number of nitrogens with zero attached hydrogens (tertiary/aromatic N) is 1. The monoisotopic (exact) mass is 368 g/mol. The van der Waals surface area contributed by atoms with Crippen molar-refractivity contribution < 1.29 is 24.2 Å². The van der Waals surface area contributed by atoms with Gasteiger partial charge in [-0.2, -0.15) is 0 Å². The average molecular weight is 369 g/mol. The Balaban J connectivity index is 2.46. The third kappa shape index (κ3) is 2.96. The van der Waals surface area contributed by atoms with Gasteiger partial charge in [0, 0.05) is 7.05 Å². The average Bonchev–Trinajstić information content (AvgIpc) is 2.46. The van der Waals surface area contributed by atoms with Crippen LogP contribution in [0, 0.1) is 0 Å². The number of amides is 4. The van der Waals surface area contributed by atoms with Crippen LogP contribution in [0.1, 0.15) is 12.5 Å². The van der Waals surface area contributed by atoms with E-state index in [1.165, 1.54) is 25.3 Å². The fourth-order valence-electron chi connectivity index (χ4n) is 1.85. The van der Waals surface area contributed by atoms with Crippen molar-refractivity contribution in [3.05, 3.63) is 27.7 Å². The molecule has 0 atom stereocenters. The van der Waals surface area contributed by atoms with E-state index in [1.54, 1.807) is 6.92 Å². The number of phenols is 1. The van der Waals surface area contributed by atoms with Gasteiger partial charge in [-0.15, -0.1) is 0 Å². The van der Waals surface area contributed by atoms with Crippen LogP contribution >= 0.6 is 15.9 Å². The summed E-state index contributed by atoms with van der Waals surface area (Å²) in [6, 6.07) is 2.25. The number of nitrogens with one attached hydrogen (secondary N) is 1. The number of rotatable bonds is 3. The largest absolute Gasteiger partial charge is 0.503 e. The number of hydrogen-bond donors (Lipinski definition) is 2. The lowest BCUT2D eigenvalue weighted by molar-refractivity contribution is -0.129. The Bertz CT molecular complexity index is 699. The second kappa shape index (κ2) is 6.18. The summed E-state index contributed by atoms with van der Waals surface area (Å²) in [4.78, 5) is 35.9. The second-order valence-corrected chi connectivity index (χ2v) is 5.32. The first-order valence-corrected chi connectivity index (χ1v) is 7.14. The number of barbiturate groups is 1. The van der Waals surface area contributed by atoms with Gasteiger partial charge in [-0.1, -0.05) is 0 Å². The van der Waals surface area contributed by atoms with Crippen molar-refractivity contribution in [1.82, 2.24) is 10.2 Å². The van der Waals surface area contributed by atoms with Crippen LogP contribution in [0.4, 0.5) is 4.79 Å². The van der Waals surface area contributed by atoms with Crippen LogP contribution in [0.2, 0.25) is 0 Å². The van der Waals surface area contributed by atoms with Gasteiger partial charge in [-0.25, -0.2) is 4.79 Å². The molecule has 2 rings (SSSR count). The Morgan fingerprint density at radius 2 is 2.05 bits per heavy atom. The molecule has 1 aromatic rings. The molecular weight excluding hydrogens is 356 g/mol. The van der Waals surface area contributed by atoms with Crippen molar-refractivity contribution in [2.75, 3.05) is 13.7 Å². The van der Waals surface area contributed by atoms with Gasteiger partial charge in [-0.3, -0.25) is 19.8 Å². The van der Waals surface area contributed by atoms with Crippen molar-refractivity contribution in [2.45, 2.75) is 6.92 Å². The molecular formula is C14H13BrN2O5. The van der Waals surface area contributed by atoms with E-state index >= 15 is 0 Å². The molecule has 2 N–H and O–H groups in total. The lowest BCUT2D eigenvalue weighted by Crippen LogP contribution is -2.52. The van der Waals surface area contributed by atoms with E-state index in [0.717, 1.165) is 4.90 Å². The first-order chi connectivity index (χ1) is 10.3. The van der Waals surface area contributed by atoms with Gasteiger partial charge in [-0.05, 0) is 46.6 Å². The minimum absolute atomic E-state index is 0.0734. The lowest BCUT2D eigenvalue weighted by Gasteiger charge is -2.22. The molecule has 8 heteroatoms. The predicted octanol–water partition coefficient (Wildman–Crippen LogP) is 1.64. The zero-order valence-electron chi connectivity index (χ0n) is 11.8. The highest BCUT2D eigenvalue weighted by atomic mass is 79.9. The second-order valence-electron chi connectivity index (χ2n) is 4.46. The molecule has 4 amide bonds. The fraction of sp³-hybridized carbons (Fsp3) is 0.214. The van der Waals surface area contributed by atoms with Crippen molar-refractivity contribution >= 4 is 39.9 Å². The number of imide groups is 2. The molecule has 0 radical (unpaired) electrons. The maximum Gasteiger partial charge on any atom is 0.331 e. The summed E-state index contributed by atoms with van der Waals surface area (Å²) in [5.41, 5.74) is 0.288. The summed E-state index contributed by atoms with van der Waals surface area (Å²) in [5.74, 6) is -1.32. The highest BCUT2D eigenvalue weighted by Crippen LogP contribution is 2.36. The number of halogens is 1. The van der Waals surface area contributed by atoms with Gasteiger partial charge in [0.25, 0.3) is 11.8 Å². The lowest BCUT2D eigenvalue weighted by atomic mass is 10.1. The summed E-state index contributed by atoms with van der Waals surface area (Å²) in [7, 11) is 1.27. The predicted molar refractivity (Wildman–Crippen MR) is 81.3 cm³/mol. The third-order valence-corrected chi connectivity index (χ3v) is 3.57. The topological polar surface area (TPSA) is 95.9 Å². The van der Waals surface area contributed by atoms with E-state index in [9.17, 15) is 19.5 Å². The summed E-state index contributed by atoms with van der Waals surface area (Å²) in [5, 5.41) is 11.9. The quantitative estimate of drug-likeness (QED) is 0.624. The van der Waals surface area contributed by atoms with Gasteiger partial charge in [0.05, 0.1) is 11.1 Å². The van der Waals surface area contributed by atoms with Crippen molar-refractivity contribution in [3.8, 4) is 11.5 Å². The molecule has 0 saturated carbocycles. The van der Waals surface area contributed by atoms with E-state index in [-0.39, 0.29) is 17.1 Å². The van der Waals surface area contributed by atoms with E-state index < -0.39 is 17.8 Å². The molecule has 1 fully saturated rings. The van der Waals surface area contributed by atoms with Crippen LogP contribution in [0.5, 0.6) is 11.5 Å². The zero-order valence-corrected chi connectivity index (χ0v) is 13.4. The standard InChI is InChI=1S/C14H13BrN2O5/c1-3-22-10-6-7(5-9(15)11(10)18)4-8-12(19)16-14(21)17(2)13(8)20/h4-6,18H,3H2,1-2H3,(H,16,19,21)/b8-4+. The highest BCUT2D eigenvalue weighted by Gasteiger charge is 2.33. The summed E-state index contributed by atoms with van der Waals surface area (Å²) < 4.78 is 5.64. The number of urea groups is 1. The van der Waals surface area contributed by atoms with Crippen LogP contribution in [0.25, 0.3) is 6.08 Å². The number of likely N-dealkylation sites (N-methyl/N-ethyl adjacent to an activating group) is 1. The fourth-order valence-corrected chi connectivity index (χ4v) is 2.31. The number of ether oxygens (including phenoxy) is 1. The molecule has 0 aliphatic carbocycles. The van der Waals surface area contributed by atoms with E-state index in [1.807, 2.05) is 0 Å². The molecule has 1 aromatic carbocycles. The Morgan fingerprint density at radius 1 is 1.36 bits per heavy atom. The Morgan fingerprint density at radius 3 is 2.68 bits per heavy atom. The number of phenolic OH excluding ortho intramolecular Hbond substituents is 1. The van der Waals surface area contributed by atoms with E-state index in [2.05, 4.69) is 21.2 Å². The maximum atomic E-state index is 12.0. The first kappa shape index (κ1) is 16.0. The van der Waals surface area contributed by atoms with Gasteiger partial charge in [0.1, 0.15) is 5.57 Å². The van der Waals surface area contributed by atoms with Crippen molar-refractivity contribution in [1.29, 1.82) is 0 Å². The van der Waals surface area contributed by atoms with Gasteiger partial charge in [0.2, 0.25) is 0 Å². The Kier molecular flexibility index (Phi) is 4.51. The van der Waals surface area contributed by atoms with Crippen LogP contribution in [0.3, 0.4) is 0 Å². The van der Waals surface area contributed by atoms with Crippen molar-refractivity contribution in [2.24, 2.45) is 0 Å². The van der Waals surface area contributed by atoms with E-state index in [0.29, 0.717) is 16.6 Å². The van der Waals surface area contributed by atoms with Gasteiger partial charge >= 0.3 is 6.03 Å². The molecule has 1 aliphatic rings. The maximum absolute atomic E-state index is 12.0. The number of benzene rings is 1. The normalized spacial score (nSPS) is 17.0. The van der Waals surface area contributed by atoms with Crippen molar-refractivity contribution in [3.63, 3.8) is 0 Å². The van der Waals surface area contributed by atoms with Gasteiger partial charge in [0.15, 0.2) is 11.5 Å². The third-order valence-electron chi connectivity index (χ3n) is 2.97. The number of hydrogen-bond acceptors (Lipinski definition) is 5. The molecule has 1 heterocycles. The number of carbonyl (C=O) groups excluding carboxylic acids is 3. The molecule has 0 unspecified atom stereocenters. The zero-order chi connectivity index (χ0) is 16.4. The first-order valence-electron chi connectivity index (χ1n) is 6.35. The van der Waals surface area contributed by atoms with Crippen LogP contribution in [-0.4, -0.2) is 41.5 Å². The summed E-state index contributed by atoms with van der Waals surface area (Å²) >= 11 is 3.17. The highest BCUT2D eigenvalue weighted by molar-refractivity contribution is 9.10. The van der Waals surface area contributed by atoms with Crippen LogP contribution in [-0.2, 0) is 9.59 Å². The summed E-state index contributed by atoms with van der Waals surface area (Å²) in [6.45, 7) is 2.11. The molecule has 0 aromatic heterocycles. The SMILES string of the molecule is CCOc1cc(/C=C2\C(=O)NC(=O)N(C)C2=O)cc(Br)c1O. The Hall–Kier alpha value is -2.35. The Labute approximate surface area is 134 Å². The van der Waals surface area contributed by atoms with Crippen LogP contribution in [0.15, 0.2) is 22.2 Å². The molecule has 7 nitrogen and oxygen atoms in total. The number of aromatic hydroxyl groups is 1. The summed E-state index contributed by atoms with van der Waals surface area (Å²) in [6.07, 6.45) is 1.33. The number of carbonyl (C=O) groups is 3. The molecule has 116 valence electrons. The smallest absolute Gasteiger partial charge is 0.331 e. The molecule has 0 bridgehead atoms. The van der Waals surface area contributed by atoms with Crippen LogP contribution < -0.4 is 10.1 Å². The molecule has 22 heavy (non-hydrogen) atoms. The molecule has 1 aliphatic heterocycles.